The normalized spacial score (nSPS) is 16.3. The van der Waals surface area contributed by atoms with Gasteiger partial charge < -0.3 is 10.6 Å². The van der Waals surface area contributed by atoms with Crippen LogP contribution in [0.3, 0.4) is 0 Å². The molecule has 0 amide bonds. The molecule has 2 rings (SSSR count). The molecule has 5 heteroatoms. The Morgan fingerprint density at radius 2 is 2.00 bits per heavy atom. The summed E-state index contributed by atoms with van der Waals surface area (Å²) in [4.78, 5) is 0. The van der Waals surface area contributed by atoms with Gasteiger partial charge in [-0.05, 0) is 65.8 Å². The molecule has 1 aromatic rings. The third-order valence-electron chi connectivity index (χ3n) is 3.12. The summed E-state index contributed by atoms with van der Waals surface area (Å²) in [5.41, 5.74) is 0.852. The maximum Gasteiger partial charge on any atom is 0.171 e. The zero-order valence-corrected chi connectivity index (χ0v) is 13.0. The van der Waals surface area contributed by atoms with E-state index >= 15 is 0 Å². The quantitative estimate of drug-likeness (QED) is 0.600. The third kappa shape index (κ3) is 4.05. The molecule has 0 unspecified atom stereocenters. The van der Waals surface area contributed by atoms with Crippen molar-refractivity contribution in [3.05, 3.63) is 27.6 Å². The van der Waals surface area contributed by atoms with Crippen molar-refractivity contribution in [3.8, 4) is 0 Å². The van der Waals surface area contributed by atoms with Gasteiger partial charge in [-0.1, -0.05) is 19.3 Å². The average Bonchev–Trinajstić information content (AvgIpc) is 2.34. The number of halogens is 2. The predicted molar refractivity (Wildman–Crippen MR) is 85.3 cm³/mol. The van der Waals surface area contributed by atoms with Gasteiger partial charge in [0.05, 0.1) is 5.69 Å². The Morgan fingerprint density at radius 1 is 1.28 bits per heavy atom. The maximum absolute atomic E-state index is 13.0. The molecule has 0 radical (unpaired) electrons. The number of thiocarbonyl (C=S) groups is 1. The van der Waals surface area contributed by atoms with Crippen molar-refractivity contribution in [1.82, 2.24) is 5.32 Å². The molecule has 0 heterocycles. The SMILES string of the molecule is Fc1ccc(NC(=S)NC2CCCCC2)c(I)c1. The van der Waals surface area contributed by atoms with Crippen LogP contribution < -0.4 is 10.6 Å². The monoisotopic (exact) mass is 378 g/mol. The standard InChI is InChI=1S/C13H16FIN2S/c14-9-6-7-12(11(15)8-9)17-13(18)16-10-4-2-1-3-5-10/h6-8,10H,1-5H2,(H2,16,17,18). The van der Waals surface area contributed by atoms with Crippen LogP contribution in [0, 0.1) is 9.39 Å². The van der Waals surface area contributed by atoms with E-state index in [-0.39, 0.29) is 5.82 Å². The highest BCUT2D eigenvalue weighted by molar-refractivity contribution is 14.1. The maximum atomic E-state index is 13.0. The molecule has 0 aromatic heterocycles. The molecule has 2 nitrogen and oxygen atoms in total. The number of hydrogen-bond acceptors (Lipinski definition) is 1. The van der Waals surface area contributed by atoms with Crippen LogP contribution in [-0.4, -0.2) is 11.2 Å². The number of hydrogen-bond donors (Lipinski definition) is 2. The second-order valence-corrected chi connectivity index (χ2v) is 6.13. The first-order valence-corrected chi connectivity index (χ1v) is 7.66. The minimum Gasteiger partial charge on any atom is -0.360 e. The van der Waals surface area contributed by atoms with Gasteiger partial charge >= 0.3 is 0 Å². The Kier molecular flexibility index (Phi) is 5.17. The highest BCUT2D eigenvalue weighted by Crippen LogP contribution is 2.20. The summed E-state index contributed by atoms with van der Waals surface area (Å²) >= 11 is 7.39. The van der Waals surface area contributed by atoms with Gasteiger partial charge in [-0.15, -0.1) is 0 Å². The predicted octanol–water partition coefficient (Wildman–Crippen LogP) is 4.05. The van der Waals surface area contributed by atoms with Crippen LogP contribution in [0.4, 0.5) is 10.1 Å². The molecule has 18 heavy (non-hydrogen) atoms. The highest BCUT2D eigenvalue weighted by Gasteiger charge is 2.14. The van der Waals surface area contributed by atoms with Gasteiger partial charge in [-0.25, -0.2) is 4.39 Å². The van der Waals surface area contributed by atoms with Crippen molar-refractivity contribution in [3.63, 3.8) is 0 Å². The zero-order valence-electron chi connectivity index (χ0n) is 10.0. The first kappa shape index (κ1) is 14.0. The van der Waals surface area contributed by atoms with E-state index in [1.807, 2.05) is 0 Å². The molecule has 1 fully saturated rings. The van der Waals surface area contributed by atoms with Crippen LogP contribution in [0.1, 0.15) is 32.1 Å². The minimum atomic E-state index is -0.226. The van der Waals surface area contributed by atoms with E-state index in [9.17, 15) is 4.39 Å². The lowest BCUT2D eigenvalue weighted by molar-refractivity contribution is 0.415. The van der Waals surface area contributed by atoms with Crippen LogP contribution in [0.25, 0.3) is 0 Å². The van der Waals surface area contributed by atoms with Crippen molar-refractivity contribution >= 4 is 45.6 Å². The van der Waals surface area contributed by atoms with Crippen LogP contribution >= 0.6 is 34.8 Å². The molecular weight excluding hydrogens is 362 g/mol. The summed E-state index contributed by atoms with van der Waals surface area (Å²) in [6, 6.07) is 5.13. The zero-order chi connectivity index (χ0) is 13.0. The molecule has 0 aliphatic heterocycles. The Hall–Kier alpha value is -0.430. The summed E-state index contributed by atoms with van der Waals surface area (Å²) in [5.74, 6) is -0.226. The number of nitrogens with one attached hydrogen (secondary N) is 2. The van der Waals surface area contributed by atoms with E-state index < -0.39 is 0 Å². The van der Waals surface area contributed by atoms with Crippen molar-refractivity contribution in [2.24, 2.45) is 0 Å². The minimum absolute atomic E-state index is 0.226. The largest absolute Gasteiger partial charge is 0.360 e. The molecule has 1 saturated carbocycles. The van der Waals surface area contributed by atoms with Gasteiger partial charge in [0, 0.05) is 9.61 Å². The average molecular weight is 378 g/mol. The lowest BCUT2D eigenvalue weighted by atomic mass is 9.96. The summed E-state index contributed by atoms with van der Waals surface area (Å²) in [5, 5.41) is 7.09. The van der Waals surface area contributed by atoms with E-state index in [0.29, 0.717) is 11.2 Å². The summed E-state index contributed by atoms with van der Waals surface area (Å²) in [6.45, 7) is 0. The molecule has 1 aliphatic rings. The van der Waals surface area contributed by atoms with Crippen molar-refractivity contribution in [2.75, 3.05) is 5.32 Å². The van der Waals surface area contributed by atoms with Crippen molar-refractivity contribution in [2.45, 2.75) is 38.1 Å². The van der Waals surface area contributed by atoms with E-state index in [1.54, 1.807) is 6.07 Å². The fourth-order valence-corrected chi connectivity index (χ4v) is 3.07. The van der Waals surface area contributed by atoms with Gasteiger partial charge in [-0.2, -0.15) is 0 Å². The van der Waals surface area contributed by atoms with Gasteiger partial charge in [0.2, 0.25) is 0 Å². The molecular formula is C13H16FIN2S. The van der Waals surface area contributed by atoms with Gasteiger partial charge in [0.1, 0.15) is 5.82 Å². The summed E-state index contributed by atoms with van der Waals surface area (Å²) < 4.78 is 13.8. The van der Waals surface area contributed by atoms with Gasteiger partial charge in [-0.3, -0.25) is 0 Å². The topological polar surface area (TPSA) is 24.1 Å². The van der Waals surface area contributed by atoms with Gasteiger partial charge in [0.15, 0.2) is 5.11 Å². The van der Waals surface area contributed by atoms with Crippen LogP contribution in [0.5, 0.6) is 0 Å². The van der Waals surface area contributed by atoms with Crippen molar-refractivity contribution in [1.29, 1.82) is 0 Å². The molecule has 0 atom stereocenters. The molecule has 1 aromatic carbocycles. The lowest BCUT2D eigenvalue weighted by Gasteiger charge is -2.24. The fourth-order valence-electron chi connectivity index (χ4n) is 2.18. The molecule has 98 valence electrons. The lowest BCUT2D eigenvalue weighted by Crippen LogP contribution is -2.38. The van der Waals surface area contributed by atoms with Gasteiger partial charge in [0.25, 0.3) is 0 Å². The van der Waals surface area contributed by atoms with Crippen LogP contribution in [-0.2, 0) is 0 Å². The molecule has 0 bridgehead atoms. The molecule has 0 saturated heterocycles. The van der Waals surface area contributed by atoms with E-state index in [4.69, 9.17) is 12.2 Å². The summed E-state index contributed by atoms with van der Waals surface area (Å²) in [7, 11) is 0. The van der Waals surface area contributed by atoms with E-state index in [2.05, 4.69) is 33.2 Å². The Bertz CT molecular complexity index is 433. The number of rotatable bonds is 2. The van der Waals surface area contributed by atoms with Crippen LogP contribution in [0.15, 0.2) is 18.2 Å². The Morgan fingerprint density at radius 3 is 2.67 bits per heavy atom. The Labute approximate surface area is 126 Å². The number of anilines is 1. The Balaban J connectivity index is 1.90. The number of benzene rings is 1. The van der Waals surface area contributed by atoms with Crippen LogP contribution in [0.2, 0.25) is 0 Å². The van der Waals surface area contributed by atoms with E-state index in [0.717, 1.165) is 9.26 Å². The molecule has 1 aliphatic carbocycles. The first-order chi connectivity index (χ1) is 8.65. The molecule has 0 spiro atoms. The van der Waals surface area contributed by atoms with E-state index in [1.165, 1.54) is 44.2 Å². The second kappa shape index (κ2) is 6.65. The molecule has 2 N–H and O–H groups in total. The summed E-state index contributed by atoms with van der Waals surface area (Å²) in [6.07, 6.45) is 6.24. The highest BCUT2D eigenvalue weighted by atomic mass is 127. The van der Waals surface area contributed by atoms with Crippen molar-refractivity contribution < 1.29 is 4.39 Å². The second-order valence-electron chi connectivity index (χ2n) is 4.56. The third-order valence-corrected chi connectivity index (χ3v) is 4.23. The fraction of sp³-hybridized carbons (Fsp3) is 0.462. The smallest absolute Gasteiger partial charge is 0.171 e. The first-order valence-electron chi connectivity index (χ1n) is 6.18.